The molecule has 0 saturated heterocycles. The molecule has 1 aromatic heterocycles. The van der Waals surface area contributed by atoms with Crippen LogP contribution < -0.4 is 10.5 Å². The second kappa shape index (κ2) is 5.46. The lowest BCUT2D eigenvalue weighted by Crippen LogP contribution is -2.02. The van der Waals surface area contributed by atoms with Crippen LogP contribution in [0.15, 0.2) is 30.3 Å². The normalized spacial score (nSPS) is 10.3. The Bertz CT molecular complexity index is 526. The molecule has 0 amide bonds. The predicted molar refractivity (Wildman–Crippen MR) is 68.4 cm³/mol. The first-order chi connectivity index (χ1) is 8.67. The quantitative estimate of drug-likeness (QED) is 0.895. The summed E-state index contributed by atoms with van der Waals surface area (Å²) in [6.07, 6.45) is 0. The Hall–Kier alpha value is -2.14. The molecule has 0 fully saturated rings. The fourth-order valence-corrected chi connectivity index (χ4v) is 1.47. The number of anilines is 1. The van der Waals surface area contributed by atoms with Gasteiger partial charge in [0.05, 0.1) is 0 Å². The summed E-state index contributed by atoms with van der Waals surface area (Å²) in [5.74, 6) is 1.99. The summed E-state index contributed by atoms with van der Waals surface area (Å²) in [4.78, 5) is 8.24. The molecule has 0 unspecified atom stereocenters. The van der Waals surface area contributed by atoms with Gasteiger partial charge in [-0.1, -0.05) is 17.7 Å². The Morgan fingerprint density at radius 3 is 2.56 bits per heavy atom. The summed E-state index contributed by atoms with van der Waals surface area (Å²) in [6, 6.07) is 9.28. The van der Waals surface area contributed by atoms with Gasteiger partial charge in [-0.15, -0.1) is 0 Å². The van der Waals surface area contributed by atoms with Gasteiger partial charge in [-0.05, 0) is 19.1 Å². The van der Waals surface area contributed by atoms with Crippen molar-refractivity contribution in [3.8, 4) is 11.6 Å². The van der Waals surface area contributed by atoms with E-state index < -0.39 is 0 Å². The molecule has 0 radical (unpaired) electrons. The maximum atomic E-state index is 5.68. The van der Waals surface area contributed by atoms with Crippen LogP contribution in [0.5, 0.6) is 11.6 Å². The highest BCUT2D eigenvalue weighted by Gasteiger charge is 2.04. The van der Waals surface area contributed by atoms with Crippen molar-refractivity contribution in [3.05, 3.63) is 41.7 Å². The fourth-order valence-electron chi connectivity index (χ4n) is 1.47. The van der Waals surface area contributed by atoms with Gasteiger partial charge in [0, 0.05) is 13.2 Å². The van der Waals surface area contributed by atoms with E-state index in [0.717, 1.165) is 0 Å². The molecular formula is C13H15N3O2. The largest absolute Gasteiger partial charge is 0.439 e. The zero-order valence-corrected chi connectivity index (χ0v) is 10.4. The van der Waals surface area contributed by atoms with E-state index in [0.29, 0.717) is 29.9 Å². The molecule has 18 heavy (non-hydrogen) atoms. The molecule has 1 heterocycles. The number of hydrogen-bond acceptors (Lipinski definition) is 5. The molecule has 0 bridgehead atoms. The maximum absolute atomic E-state index is 5.68. The minimum absolute atomic E-state index is 0.301. The van der Waals surface area contributed by atoms with Gasteiger partial charge in [0.15, 0.2) is 5.82 Å². The lowest BCUT2D eigenvalue weighted by atomic mass is 10.2. The van der Waals surface area contributed by atoms with E-state index in [2.05, 4.69) is 9.97 Å². The van der Waals surface area contributed by atoms with Crippen molar-refractivity contribution < 1.29 is 9.47 Å². The third kappa shape index (κ3) is 3.18. The summed E-state index contributed by atoms with van der Waals surface area (Å²) in [5, 5.41) is 0. The predicted octanol–water partition coefficient (Wildman–Crippen LogP) is 2.31. The Kier molecular flexibility index (Phi) is 3.74. The first-order valence-corrected chi connectivity index (χ1v) is 5.54. The van der Waals surface area contributed by atoms with E-state index >= 15 is 0 Å². The SMILES string of the molecule is COCc1nc(N)cc(Oc2ccc(C)cc2)n1. The molecule has 5 heteroatoms. The van der Waals surface area contributed by atoms with E-state index in [9.17, 15) is 0 Å². The lowest BCUT2D eigenvalue weighted by molar-refractivity contribution is 0.177. The summed E-state index contributed by atoms with van der Waals surface area (Å²) in [7, 11) is 1.58. The van der Waals surface area contributed by atoms with Gasteiger partial charge in [-0.2, -0.15) is 4.98 Å². The third-order valence-corrected chi connectivity index (χ3v) is 2.29. The van der Waals surface area contributed by atoms with E-state index in [1.807, 2.05) is 31.2 Å². The fraction of sp³-hybridized carbons (Fsp3) is 0.231. The van der Waals surface area contributed by atoms with Crippen LogP contribution in [0.3, 0.4) is 0 Å². The number of aromatic nitrogens is 2. The summed E-state index contributed by atoms with van der Waals surface area (Å²) < 4.78 is 10.6. The third-order valence-electron chi connectivity index (χ3n) is 2.29. The number of nitrogens with zero attached hydrogens (tertiary/aromatic N) is 2. The van der Waals surface area contributed by atoms with E-state index in [-0.39, 0.29) is 0 Å². The highest BCUT2D eigenvalue weighted by Crippen LogP contribution is 2.21. The monoisotopic (exact) mass is 245 g/mol. The van der Waals surface area contributed by atoms with Crippen LogP contribution in [0.1, 0.15) is 11.4 Å². The van der Waals surface area contributed by atoms with Gasteiger partial charge < -0.3 is 15.2 Å². The van der Waals surface area contributed by atoms with E-state index in [1.165, 1.54) is 5.56 Å². The van der Waals surface area contributed by atoms with E-state index in [4.69, 9.17) is 15.2 Å². The number of aryl methyl sites for hydroxylation is 1. The number of ether oxygens (including phenoxy) is 2. The highest BCUT2D eigenvalue weighted by molar-refractivity contribution is 5.36. The molecule has 94 valence electrons. The standard InChI is InChI=1S/C13H15N3O2/c1-9-3-5-10(6-4-9)18-13-7-11(14)15-12(16-13)8-17-2/h3-7H,8H2,1-2H3,(H2,14,15,16). The Labute approximate surface area is 106 Å². The summed E-state index contributed by atoms with van der Waals surface area (Å²) in [5.41, 5.74) is 6.85. The molecule has 5 nitrogen and oxygen atoms in total. The number of benzene rings is 1. The van der Waals surface area contributed by atoms with Gasteiger partial charge in [0.1, 0.15) is 18.2 Å². The Balaban J connectivity index is 2.20. The zero-order valence-electron chi connectivity index (χ0n) is 10.4. The highest BCUT2D eigenvalue weighted by atomic mass is 16.5. The van der Waals surface area contributed by atoms with Crippen LogP contribution in [-0.2, 0) is 11.3 Å². The molecule has 2 N–H and O–H groups in total. The molecule has 2 rings (SSSR count). The average Bonchev–Trinajstić information content (AvgIpc) is 2.32. The van der Waals surface area contributed by atoms with Crippen molar-refractivity contribution in [1.29, 1.82) is 0 Å². The van der Waals surface area contributed by atoms with Crippen LogP contribution in [-0.4, -0.2) is 17.1 Å². The Morgan fingerprint density at radius 2 is 1.89 bits per heavy atom. The minimum atomic E-state index is 0.301. The molecule has 0 atom stereocenters. The van der Waals surface area contributed by atoms with Gasteiger partial charge in [0.25, 0.3) is 0 Å². The van der Waals surface area contributed by atoms with Crippen LogP contribution in [0.25, 0.3) is 0 Å². The van der Waals surface area contributed by atoms with Crippen molar-refractivity contribution >= 4 is 5.82 Å². The second-order valence-corrected chi connectivity index (χ2v) is 3.90. The summed E-state index contributed by atoms with van der Waals surface area (Å²) >= 11 is 0. The van der Waals surface area contributed by atoms with Gasteiger partial charge in [0.2, 0.25) is 5.88 Å². The number of nitrogen functional groups attached to an aromatic ring is 1. The number of nitrogens with two attached hydrogens (primary N) is 1. The molecule has 0 spiro atoms. The molecular weight excluding hydrogens is 230 g/mol. The van der Waals surface area contributed by atoms with Crippen molar-refractivity contribution in [2.24, 2.45) is 0 Å². The lowest BCUT2D eigenvalue weighted by Gasteiger charge is -2.07. The molecule has 1 aromatic carbocycles. The zero-order chi connectivity index (χ0) is 13.0. The molecule has 2 aromatic rings. The smallest absolute Gasteiger partial charge is 0.224 e. The van der Waals surface area contributed by atoms with Crippen LogP contribution in [0.4, 0.5) is 5.82 Å². The van der Waals surface area contributed by atoms with Crippen molar-refractivity contribution in [3.63, 3.8) is 0 Å². The van der Waals surface area contributed by atoms with Gasteiger partial charge in [-0.25, -0.2) is 4.98 Å². The Morgan fingerprint density at radius 1 is 1.17 bits per heavy atom. The van der Waals surface area contributed by atoms with Crippen molar-refractivity contribution in [1.82, 2.24) is 9.97 Å². The first-order valence-electron chi connectivity index (χ1n) is 5.54. The van der Waals surface area contributed by atoms with Gasteiger partial charge >= 0.3 is 0 Å². The summed E-state index contributed by atoms with van der Waals surface area (Å²) in [6.45, 7) is 2.32. The van der Waals surface area contributed by atoms with Crippen LogP contribution >= 0.6 is 0 Å². The van der Waals surface area contributed by atoms with Gasteiger partial charge in [-0.3, -0.25) is 0 Å². The van der Waals surface area contributed by atoms with Crippen molar-refractivity contribution in [2.75, 3.05) is 12.8 Å². The van der Waals surface area contributed by atoms with Crippen molar-refractivity contribution in [2.45, 2.75) is 13.5 Å². The topological polar surface area (TPSA) is 70.3 Å². The van der Waals surface area contributed by atoms with Crippen LogP contribution in [0, 0.1) is 6.92 Å². The number of hydrogen-bond donors (Lipinski definition) is 1. The van der Waals surface area contributed by atoms with Crippen LogP contribution in [0.2, 0.25) is 0 Å². The number of rotatable bonds is 4. The first kappa shape index (κ1) is 12.3. The number of methoxy groups -OCH3 is 1. The molecule has 0 saturated carbocycles. The van der Waals surface area contributed by atoms with E-state index in [1.54, 1.807) is 13.2 Å². The minimum Gasteiger partial charge on any atom is -0.439 e. The average molecular weight is 245 g/mol. The maximum Gasteiger partial charge on any atom is 0.224 e. The molecule has 0 aliphatic rings. The second-order valence-electron chi connectivity index (χ2n) is 3.90. The molecule has 0 aliphatic heterocycles. The molecule has 0 aliphatic carbocycles.